The van der Waals surface area contributed by atoms with Crippen LogP contribution in [0, 0.1) is 0 Å². The molecule has 7 nitrogen and oxygen atoms in total. The highest BCUT2D eigenvalue weighted by Gasteiger charge is 2.16. The molecule has 0 aliphatic heterocycles. The number of nitrogens with zero attached hydrogens (tertiary/aromatic N) is 3. The van der Waals surface area contributed by atoms with Gasteiger partial charge in [-0.05, 0) is 31.2 Å². The van der Waals surface area contributed by atoms with Gasteiger partial charge < -0.3 is 15.7 Å². The van der Waals surface area contributed by atoms with Crippen LogP contribution in [0.1, 0.15) is 6.92 Å². The Hall–Kier alpha value is -3.13. The van der Waals surface area contributed by atoms with Crippen LogP contribution in [0.25, 0.3) is 0 Å². The van der Waals surface area contributed by atoms with E-state index >= 15 is 0 Å². The highest BCUT2D eigenvalue weighted by Crippen LogP contribution is 2.24. The predicted octanol–water partition coefficient (Wildman–Crippen LogP) is 3.92. The first kappa shape index (κ1) is 17.7. The molecule has 0 saturated heterocycles. The van der Waals surface area contributed by atoms with Crippen LogP contribution in [0.4, 0.5) is 23.3 Å². The van der Waals surface area contributed by atoms with Crippen molar-refractivity contribution < 1.29 is 9.90 Å². The summed E-state index contributed by atoms with van der Waals surface area (Å²) >= 11 is 1.06. The summed E-state index contributed by atoms with van der Waals surface area (Å²) in [6.45, 7) is 1.59. The lowest BCUT2D eigenvalue weighted by Crippen LogP contribution is -2.13. The monoisotopic (exact) mass is 367 g/mol. The van der Waals surface area contributed by atoms with Gasteiger partial charge >= 0.3 is 5.97 Å². The first-order chi connectivity index (χ1) is 12.6. The zero-order valence-electron chi connectivity index (χ0n) is 14.0. The van der Waals surface area contributed by atoms with Crippen LogP contribution in [0.15, 0.2) is 65.8 Å². The molecule has 1 heterocycles. The Morgan fingerprint density at radius 2 is 1.35 bits per heavy atom. The first-order valence-electron chi connectivity index (χ1n) is 7.90. The maximum Gasteiger partial charge on any atom is 0.316 e. The Morgan fingerprint density at radius 3 is 1.77 bits per heavy atom. The Balaban J connectivity index is 1.89. The number of aromatic nitrogens is 3. The standard InChI is InChI=1S/C18H17N5O2S/c1-12(15(24)25)26-18-22-16(19-13-8-4-2-5-9-13)21-17(23-18)20-14-10-6-3-7-11-14/h2-12H,1H3,(H,24,25)(H2,19,20,21,22,23). The summed E-state index contributed by atoms with van der Waals surface area (Å²) < 4.78 is 0. The van der Waals surface area contributed by atoms with Crippen molar-refractivity contribution in [2.45, 2.75) is 17.3 Å². The molecule has 132 valence electrons. The maximum absolute atomic E-state index is 11.1. The average molecular weight is 367 g/mol. The second-order valence-corrected chi connectivity index (χ2v) is 6.65. The largest absolute Gasteiger partial charge is 0.480 e. The van der Waals surface area contributed by atoms with Gasteiger partial charge in [-0.3, -0.25) is 4.79 Å². The first-order valence-corrected chi connectivity index (χ1v) is 8.78. The summed E-state index contributed by atoms with van der Waals surface area (Å²) in [5.74, 6) is -0.250. The van der Waals surface area contributed by atoms with Crippen LogP contribution >= 0.6 is 11.8 Å². The normalized spacial score (nSPS) is 11.6. The third-order valence-corrected chi connectivity index (χ3v) is 4.25. The summed E-state index contributed by atoms with van der Waals surface area (Å²) in [6.07, 6.45) is 0. The van der Waals surface area contributed by atoms with E-state index in [1.165, 1.54) is 0 Å². The van der Waals surface area contributed by atoms with Crippen LogP contribution in [0.3, 0.4) is 0 Å². The number of nitrogens with one attached hydrogen (secondary N) is 2. The molecule has 0 aliphatic carbocycles. The second-order valence-electron chi connectivity index (χ2n) is 5.35. The van der Waals surface area contributed by atoms with Gasteiger partial charge in [-0.1, -0.05) is 48.2 Å². The molecule has 0 spiro atoms. The van der Waals surface area contributed by atoms with E-state index in [0.29, 0.717) is 17.1 Å². The number of para-hydroxylation sites is 2. The van der Waals surface area contributed by atoms with Gasteiger partial charge in [0.05, 0.1) is 0 Å². The van der Waals surface area contributed by atoms with Crippen LogP contribution in [-0.4, -0.2) is 31.3 Å². The molecular formula is C18H17N5O2S. The lowest BCUT2D eigenvalue weighted by atomic mass is 10.3. The lowest BCUT2D eigenvalue weighted by molar-refractivity contribution is -0.136. The van der Waals surface area contributed by atoms with E-state index in [1.54, 1.807) is 6.92 Å². The lowest BCUT2D eigenvalue weighted by Gasteiger charge is -2.11. The molecule has 1 aromatic heterocycles. The Bertz CT molecular complexity index is 818. The molecule has 0 fully saturated rings. The number of thioether (sulfide) groups is 1. The van der Waals surface area contributed by atoms with Crippen molar-refractivity contribution >= 4 is 41.0 Å². The fourth-order valence-corrected chi connectivity index (χ4v) is 2.73. The van der Waals surface area contributed by atoms with Crippen molar-refractivity contribution in [3.8, 4) is 0 Å². The number of carboxylic acid groups (broad SMARTS) is 1. The molecule has 1 unspecified atom stereocenters. The van der Waals surface area contributed by atoms with E-state index in [4.69, 9.17) is 5.11 Å². The van der Waals surface area contributed by atoms with Gasteiger partial charge in [0, 0.05) is 11.4 Å². The zero-order chi connectivity index (χ0) is 18.4. The van der Waals surface area contributed by atoms with Crippen LogP contribution < -0.4 is 10.6 Å². The average Bonchev–Trinajstić information content (AvgIpc) is 2.63. The number of benzene rings is 2. The van der Waals surface area contributed by atoms with Crippen molar-refractivity contribution in [1.82, 2.24) is 15.0 Å². The SMILES string of the molecule is CC(Sc1nc(Nc2ccccc2)nc(Nc2ccccc2)n1)C(=O)O. The molecule has 26 heavy (non-hydrogen) atoms. The van der Waals surface area contributed by atoms with E-state index in [-0.39, 0.29) is 0 Å². The minimum absolute atomic E-state index is 0.326. The quantitative estimate of drug-likeness (QED) is 0.540. The molecule has 0 amide bonds. The van der Waals surface area contributed by atoms with E-state index < -0.39 is 11.2 Å². The maximum atomic E-state index is 11.1. The minimum atomic E-state index is -0.925. The number of anilines is 4. The van der Waals surface area contributed by atoms with Gasteiger partial charge in [-0.15, -0.1) is 0 Å². The minimum Gasteiger partial charge on any atom is -0.480 e. The number of hydrogen-bond donors (Lipinski definition) is 3. The van der Waals surface area contributed by atoms with Crippen LogP contribution in [0.2, 0.25) is 0 Å². The molecule has 2 aromatic carbocycles. The van der Waals surface area contributed by atoms with E-state index in [1.807, 2.05) is 60.7 Å². The molecular weight excluding hydrogens is 350 g/mol. The molecule has 1 atom stereocenters. The molecule has 0 bridgehead atoms. The van der Waals surface area contributed by atoms with Gasteiger partial charge in [0.25, 0.3) is 0 Å². The van der Waals surface area contributed by atoms with Gasteiger partial charge in [0.15, 0.2) is 5.16 Å². The summed E-state index contributed by atoms with van der Waals surface area (Å²) in [6, 6.07) is 19.0. The van der Waals surface area contributed by atoms with Gasteiger partial charge in [0.2, 0.25) is 11.9 Å². The highest BCUT2D eigenvalue weighted by atomic mass is 32.2. The van der Waals surface area contributed by atoms with Crippen molar-refractivity contribution in [2.24, 2.45) is 0 Å². The van der Waals surface area contributed by atoms with Crippen molar-refractivity contribution in [3.05, 3.63) is 60.7 Å². The smallest absolute Gasteiger partial charge is 0.316 e. The van der Waals surface area contributed by atoms with Gasteiger partial charge in [-0.25, -0.2) is 0 Å². The number of rotatable bonds is 7. The van der Waals surface area contributed by atoms with Crippen LogP contribution in [0.5, 0.6) is 0 Å². The molecule has 3 rings (SSSR count). The topological polar surface area (TPSA) is 100 Å². The third kappa shape index (κ3) is 4.93. The number of hydrogen-bond acceptors (Lipinski definition) is 7. The number of aliphatic carboxylic acids is 1. The van der Waals surface area contributed by atoms with E-state index in [9.17, 15) is 4.79 Å². The third-order valence-electron chi connectivity index (χ3n) is 3.30. The number of carbonyl (C=O) groups is 1. The van der Waals surface area contributed by atoms with E-state index in [2.05, 4.69) is 25.6 Å². The Labute approximate surface area is 154 Å². The predicted molar refractivity (Wildman–Crippen MR) is 102 cm³/mol. The van der Waals surface area contributed by atoms with Crippen LogP contribution in [-0.2, 0) is 4.79 Å². The summed E-state index contributed by atoms with van der Waals surface area (Å²) in [4.78, 5) is 24.1. The van der Waals surface area contributed by atoms with E-state index in [0.717, 1.165) is 23.1 Å². The number of carboxylic acids is 1. The van der Waals surface area contributed by atoms with Crippen molar-refractivity contribution in [1.29, 1.82) is 0 Å². The van der Waals surface area contributed by atoms with Gasteiger partial charge in [0.1, 0.15) is 5.25 Å². The molecule has 0 radical (unpaired) electrons. The second kappa shape index (κ2) is 8.30. The van der Waals surface area contributed by atoms with Crippen molar-refractivity contribution in [2.75, 3.05) is 10.6 Å². The molecule has 3 aromatic rings. The Morgan fingerprint density at radius 1 is 0.885 bits per heavy atom. The summed E-state index contributed by atoms with van der Waals surface area (Å²) in [5.41, 5.74) is 1.65. The van der Waals surface area contributed by atoms with Gasteiger partial charge in [-0.2, -0.15) is 15.0 Å². The zero-order valence-corrected chi connectivity index (χ0v) is 14.8. The Kier molecular flexibility index (Phi) is 5.65. The summed E-state index contributed by atoms with van der Waals surface area (Å²) in [5, 5.41) is 15.0. The molecule has 0 aliphatic rings. The van der Waals surface area contributed by atoms with Crippen molar-refractivity contribution in [3.63, 3.8) is 0 Å². The fourth-order valence-electron chi connectivity index (χ4n) is 2.03. The highest BCUT2D eigenvalue weighted by molar-refractivity contribution is 8.00. The molecule has 3 N–H and O–H groups in total. The molecule has 0 saturated carbocycles. The fraction of sp³-hybridized carbons (Fsp3) is 0.111. The summed E-state index contributed by atoms with van der Waals surface area (Å²) in [7, 11) is 0. The molecule has 8 heteroatoms.